The first kappa shape index (κ1) is 26.3. The Hall–Kier alpha value is -0.753. The van der Waals surface area contributed by atoms with Crippen LogP contribution in [0, 0.1) is 12.8 Å². The number of aliphatic hydroxyl groups excluding tert-OH is 1. The van der Waals surface area contributed by atoms with E-state index in [4.69, 9.17) is 4.43 Å². The maximum Gasteiger partial charge on any atom is 0.192 e. The molecule has 1 N–H and O–H groups in total. The second-order valence-electron chi connectivity index (χ2n) is 10.1. The number of aromatic nitrogens is 1. The molecule has 0 radical (unpaired) electrons. The summed E-state index contributed by atoms with van der Waals surface area (Å²) in [6.07, 6.45) is 5.96. The summed E-state index contributed by atoms with van der Waals surface area (Å²) in [4.78, 5) is 4.42. The van der Waals surface area contributed by atoms with Gasteiger partial charge in [0, 0.05) is 5.38 Å². The molecule has 0 aromatic carbocycles. The standard InChI is InChI=1S/C24H43NO2SSi/c1-17(2)22(27-29(9,10)24(6,7)8)15-14-18(3)12-11-13-19(4)23(26)21-16-28-20(5)25-21/h14,16,19,22-23,26H,1,11-13,15H2,2-10H3/b18-14-/t19-,22-,23?/m0/s1. The Morgan fingerprint density at radius 3 is 2.45 bits per heavy atom. The Balaban J connectivity index is 2.53. The van der Waals surface area contributed by atoms with Gasteiger partial charge in [0.2, 0.25) is 0 Å². The van der Waals surface area contributed by atoms with Crippen LogP contribution in [0.25, 0.3) is 0 Å². The van der Waals surface area contributed by atoms with Crippen LogP contribution in [-0.4, -0.2) is 24.5 Å². The number of hydrogen-bond acceptors (Lipinski definition) is 4. The van der Waals surface area contributed by atoms with Crippen LogP contribution >= 0.6 is 11.3 Å². The Morgan fingerprint density at radius 2 is 1.97 bits per heavy atom. The minimum Gasteiger partial charge on any atom is -0.410 e. The quantitative estimate of drug-likeness (QED) is 0.286. The van der Waals surface area contributed by atoms with Crippen LogP contribution in [-0.2, 0) is 4.43 Å². The lowest BCUT2D eigenvalue weighted by Crippen LogP contribution is -2.44. The van der Waals surface area contributed by atoms with Crippen LogP contribution in [0.3, 0.4) is 0 Å². The van der Waals surface area contributed by atoms with E-state index in [0.29, 0.717) is 0 Å². The first-order chi connectivity index (χ1) is 13.2. The van der Waals surface area contributed by atoms with E-state index in [1.165, 1.54) is 5.57 Å². The summed E-state index contributed by atoms with van der Waals surface area (Å²) < 4.78 is 6.60. The minimum absolute atomic E-state index is 0.0968. The van der Waals surface area contributed by atoms with Gasteiger partial charge in [0.15, 0.2) is 8.32 Å². The highest BCUT2D eigenvalue weighted by Crippen LogP contribution is 2.38. The van der Waals surface area contributed by atoms with Crippen LogP contribution in [0.2, 0.25) is 18.1 Å². The summed E-state index contributed by atoms with van der Waals surface area (Å²) in [5.74, 6) is 0.217. The van der Waals surface area contributed by atoms with Crippen molar-refractivity contribution in [2.45, 2.75) is 104 Å². The highest BCUT2D eigenvalue weighted by Gasteiger charge is 2.39. The molecule has 0 saturated carbocycles. The normalized spacial score (nSPS) is 16.6. The van der Waals surface area contributed by atoms with Crippen molar-refractivity contribution in [2.75, 3.05) is 0 Å². The van der Waals surface area contributed by atoms with E-state index >= 15 is 0 Å². The van der Waals surface area contributed by atoms with Crippen molar-refractivity contribution in [3.05, 3.63) is 39.9 Å². The Labute approximate surface area is 184 Å². The number of nitrogens with zero attached hydrogens (tertiary/aromatic N) is 1. The molecule has 0 fully saturated rings. The van der Waals surface area contributed by atoms with Gasteiger partial charge in [-0.2, -0.15) is 0 Å². The van der Waals surface area contributed by atoms with Crippen molar-refractivity contribution in [3.8, 4) is 0 Å². The van der Waals surface area contributed by atoms with Crippen LogP contribution in [0.4, 0.5) is 0 Å². The van der Waals surface area contributed by atoms with Gasteiger partial charge in [-0.3, -0.25) is 0 Å². The molecule has 166 valence electrons. The third-order valence-electron chi connectivity index (χ3n) is 6.18. The largest absolute Gasteiger partial charge is 0.410 e. The molecule has 1 rings (SSSR count). The van der Waals surface area contributed by atoms with Gasteiger partial charge in [-0.15, -0.1) is 11.3 Å². The predicted octanol–water partition coefficient (Wildman–Crippen LogP) is 7.59. The van der Waals surface area contributed by atoms with E-state index < -0.39 is 14.4 Å². The molecule has 5 heteroatoms. The molecule has 1 aromatic heterocycles. The van der Waals surface area contributed by atoms with Crippen molar-refractivity contribution in [2.24, 2.45) is 5.92 Å². The SMILES string of the molecule is C=C(C)[C@H](C/C=C(/C)CCC[C@H](C)C(O)c1csc(C)n1)O[Si](C)(C)C(C)(C)C. The zero-order chi connectivity index (χ0) is 22.4. The van der Waals surface area contributed by atoms with Crippen molar-refractivity contribution in [1.29, 1.82) is 0 Å². The highest BCUT2D eigenvalue weighted by molar-refractivity contribution is 7.09. The third-order valence-corrected chi connectivity index (χ3v) is 11.5. The molecule has 0 bridgehead atoms. The van der Waals surface area contributed by atoms with E-state index in [2.05, 4.69) is 72.3 Å². The molecule has 1 heterocycles. The molecule has 1 aromatic rings. The maximum absolute atomic E-state index is 10.5. The Bertz CT molecular complexity index is 687. The molecule has 3 nitrogen and oxygen atoms in total. The number of allylic oxidation sites excluding steroid dienone is 1. The zero-order valence-corrected chi connectivity index (χ0v) is 21.9. The summed E-state index contributed by atoms with van der Waals surface area (Å²) in [7, 11) is -1.81. The fourth-order valence-electron chi connectivity index (χ4n) is 2.96. The summed E-state index contributed by atoms with van der Waals surface area (Å²) in [6.45, 7) is 24.0. The molecule has 0 aliphatic carbocycles. The van der Waals surface area contributed by atoms with Gasteiger partial charge in [-0.05, 0) is 70.5 Å². The fraction of sp³-hybridized carbons (Fsp3) is 0.708. The highest BCUT2D eigenvalue weighted by atomic mass is 32.1. The van der Waals surface area contributed by atoms with Crippen molar-refractivity contribution >= 4 is 19.7 Å². The number of aliphatic hydroxyl groups is 1. The molecule has 0 spiro atoms. The van der Waals surface area contributed by atoms with Crippen LogP contribution in [0.5, 0.6) is 0 Å². The average molecular weight is 438 g/mol. The Kier molecular flexibility index (Phi) is 10.00. The van der Waals surface area contributed by atoms with Crippen LogP contribution in [0.15, 0.2) is 29.2 Å². The second-order valence-corrected chi connectivity index (χ2v) is 15.9. The number of hydrogen-bond donors (Lipinski definition) is 1. The Morgan fingerprint density at radius 1 is 1.34 bits per heavy atom. The average Bonchev–Trinajstić information content (AvgIpc) is 3.02. The maximum atomic E-state index is 10.5. The van der Waals surface area contributed by atoms with Crippen LogP contribution < -0.4 is 0 Å². The van der Waals surface area contributed by atoms with Gasteiger partial charge in [-0.1, -0.05) is 51.5 Å². The number of aryl methyl sites for hydroxylation is 1. The minimum atomic E-state index is -1.81. The molecule has 0 aliphatic heterocycles. The van der Waals surface area contributed by atoms with Gasteiger partial charge in [0.1, 0.15) is 0 Å². The predicted molar refractivity (Wildman–Crippen MR) is 130 cm³/mol. The molecule has 0 saturated heterocycles. The molecule has 3 atom stereocenters. The lowest BCUT2D eigenvalue weighted by atomic mass is 9.94. The number of rotatable bonds is 11. The first-order valence-electron chi connectivity index (χ1n) is 10.8. The first-order valence-corrected chi connectivity index (χ1v) is 14.6. The van der Waals surface area contributed by atoms with E-state index in [-0.39, 0.29) is 17.1 Å². The zero-order valence-electron chi connectivity index (χ0n) is 20.1. The molecule has 0 aliphatic rings. The fourth-order valence-corrected chi connectivity index (χ4v) is 4.96. The summed E-state index contributed by atoms with van der Waals surface area (Å²) in [6, 6.07) is 0. The van der Waals surface area contributed by atoms with Gasteiger partial charge in [-0.25, -0.2) is 4.98 Å². The molecular formula is C24H43NO2SSi. The van der Waals surface area contributed by atoms with Crippen molar-refractivity contribution in [1.82, 2.24) is 4.98 Å². The summed E-state index contributed by atoms with van der Waals surface area (Å²) in [5, 5.41) is 13.7. The molecular weight excluding hydrogens is 394 g/mol. The summed E-state index contributed by atoms with van der Waals surface area (Å²) in [5.41, 5.74) is 3.31. The smallest absolute Gasteiger partial charge is 0.192 e. The second kappa shape index (κ2) is 11.0. The van der Waals surface area contributed by atoms with Crippen molar-refractivity contribution < 1.29 is 9.53 Å². The molecule has 29 heavy (non-hydrogen) atoms. The van der Waals surface area contributed by atoms with Gasteiger partial charge >= 0.3 is 0 Å². The summed E-state index contributed by atoms with van der Waals surface area (Å²) >= 11 is 1.60. The van der Waals surface area contributed by atoms with Gasteiger partial charge in [0.25, 0.3) is 0 Å². The monoisotopic (exact) mass is 437 g/mol. The lowest BCUT2D eigenvalue weighted by molar-refractivity contribution is 0.108. The number of thiazole rings is 1. The van der Waals surface area contributed by atoms with E-state index in [1.54, 1.807) is 11.3 Å². The van der Waals surface area contributed by atoms with Gasteiger partial charge < -0.3 is 9.53 Å². The van der Waals surface area contributed by atoms with E-state index in [9.17, 15) is 5.11 Å². The van der Waals surface area contributed by atoms with E-state index in [0.717, 1.165) is 42.0 Å². The topological polar surface area (TPSA) is 42.4 Å². The van der Waals surface area contributed by atoms with Crippen molar-refractivity contribution in [3.63, 3.8) is 0 Å². The molecule has 0 amide bonds. The van der Waals surface area contributed by atoms with Crippen LogP contribution in [0.1, 0.15) is 84.0 Å². The van der Waals surface area contributed by atoms with E-state index in [1.807, 2.05) is 12.3 Å². The lowest BCUT2D eigenvalue weighted by Gasteiger charge is -2.39. The third kappa shape index (κ3) is 8.48. The van der Waals surface area contributed by atoms with Gasteiger partial charge in [0.05, 0.1) is 22.9 Å². The molecule has 1 unspecified atom stereocenters.